The number of unbranched alkanes of at least 4 members (excludes halogenated alkanes) is 1. The minimum atomic E-state index is -0.855. The van der Waals surface area contributed by atoms with Gasteiger partial charge in [0.15, 0.2) is 17.7 Å². The fourth-order valence-electron chi connectivity index (χ4n) is 3.71. The first-order valence-corrected chi connectivity index (χ1v) is 11.0. The predicted octanol–water partition coefficient (Wildman–Crippen LogP) is 2.01. The van der Waals surface area contributed by atoms with E-state index in [0.717, 1.165) is 18.4 Å². The van der Waals surface area contributed by atoms with Gasteiger partial charge in [-0.3, -0.25) is 24.1 Å². The van der Waals surface area contributed by atoms with E-state index in [1.165, 1.54) is 27.9 Å². The largest absolute Gasteiger partial charge is 0.502 e. The van der Waals surface area contributed by atoms with E-state index in [1.807, 2.05) is 19.2 Å². The number of rotatable bonds is 11. The Labute approximate surface area is 197 Å². The third kappa shape index (κ3) is 5.63. The Balaban J connectivity index is 1.52. The molecule has 0 atom stereocenters. The number of halogens is 1. The van der Waals surface area contributed by atoms with Crippen molar-refractivity contribution in [3.8, 4) is 11.5 Å². The van der Waals surface area contributed by atoms with Crippen LogP contribution in [0, 0.1) is 5.82 Å². The molecule has 1 aliphatic heterocycles. The molecule has 1 aliphatic rings. The first-order valence-electron chi connectivity index (χ1n) is 11.0. The quantitative estimate of drug-likeness (QED) is 0.293. The van der Waals surface area contributed by atoms with Gasteiger partial charge < -0.3 is 20.1 Å². The lowest BCUT2D eigenvalue weighted by molar-refractivity contribution is 0.0732. The number of allylic oxidation sites excluding steroid dienone is 1. The number of fused-ring (bicyclic) bond motifs is 1. The first-order chi connectivity index (χ1) is 16.4. The SMILES string of the molecule is CNCc1ccc(F)cc1OCC/C=C/CCCN1CN(C)C(=O)c2c(O)c(=O)c(C=O)cn21. The molecule has 0 saturated heterocycles. The third-order valence-electron chi connectivity index (χ3n) is 5.44. The second-order valence-electron chi connectivity index (χ2n) is 7.98. The Morgan fingerprint density at radius 1 is 1.24 bits per heavy atom. The molecule has 10 heteroatoms. The topological polar surface area (TPSA) is 104 Å². The van der Waals surface area contributed by atoms with Crippen molar-refractivity contribution in [3.63, 3.8) is 0 Å². The molecule has 0 unspecified atom stereocenters. The monoisotopic (exact) mass is 472 g/mol. The van der Waals surface area contributed by atoms with Gasteiger partial charge >= 0.3 is 0 Å². The van der Waals surface area contributed by atoms with Gasteiger partial charge in [0.1, 0.15) is 18.2 Å². The minimum absolute atomic E-state index is 0.146. The standard InChI is InChI=1S/C24H29FN4O5/c1-26-13-17-8-9-19(25)12-20(17)34-11-7-5-3-4-6-10-28-16-27(2)24(33)21-23(32)22(31)18(15-30)14-29(21)28/h3,5,8-9,12,14-15,26,32H,4,6-7,10-11,13,16H2,1-2H3/b5-3+. The summed E-state index contributed by atoms with van der Waals surface area (Å²) < 4.78 is 20.6. The number of nitrogens with one attached hydrogen (secondary N) is 1. The number of aldehydes is 1. The number of amides is 1. The third-order valence-corrected chi connectivity index (χ3v) is 5.44. The highest BCUT2D eigenvalue weighted by molar-refractivity contribution is 5.96. The highest BCUT2D eigenvalue weighted by atomic mass is 19.1. The summed E-state index contributed by atoms with van der Waals surface area (Å²) in [5, 5.41) is 15.0. The van der Waals surface area contributed by atoms with E-state index in [1.54, 1.807) is 18.1 Å². The Kier molecular flexibility index (Phi) is 8.42. The normalized spacial score (nSPS) is 13.4. The van der Waals surface area contributed by atoms with Gasteiger partial charge in [-0.05, 0) is 32.4 Å². The maximum absolute atomic E-state index is 13.5. The van der Waals surface area contributed by atoms with E-state index >= 15 is 0 Å². The summed E-state index contributed by atoms with van der Waals surface area (Å²) in [6, 6.07) is 4.50. The Morgan fingerprint density at radius 3 is 2.74 bits per heavy atom. The number of hydrogen-bond acceptors (Lipinski definition) is 7. The van der Waals surface area contributed by atoms with Crippen LogP contribution >= 0.6 is 0 Å². The molecule has 0 fully saturated rings. The molecule has 182 valence electrons. The van der Waals surface area contributed by atoms with Crippen LogP contribution in [0.4, 0.5) is 4.39 Å². The Morgan fingerprint density at radius 2 is 2.00 bits per heavy atom. The lowest BCUT2D eigenvalue weighted by Gasteiger charge is -2.38. The Bertz CT molecular complexity index is 1130. The van der Waals surface area contributed by atoms with Crippen LogP contribution in [-0.4, -0.2) is 60.8 Å². The number of carbonyl (C=O) groups excluding carboxylic acids is 2. The minimum Gasteiger partial charge on any atom is -0.502 e. The van der Waals surface area contributed by atoms with Crippen molar-refractivity contribution in [2.24, 2.45) is 0 Å². The van der Waals surface area contributed by atoms with Gasteiger partial charge in [-0.2, -0.15) is 0 Å². The fourth-order valence-corrected chi connectivity index (χ4v) is 3.71. The average Bonchev–Trinajstić information content (AvgIpc) is 2.82. The molecule has 34 heavy (non-hydrogen) atoms. The Hall–Kier alpha value is -3.66. The summed E-state index contributed by atoms with van der Waals surface area (Å²) in [4.78, 5) is 37.1. The first kappa shape index (κ1) is 25.0. The molecule has 3 rings (SSSR count). The molecule has 1 aromatic heterocycles. The predicted molar refractivity (Wildman–Crippen MR) is 125 cm³/mol. The maximum Gasteiger partial charge on any atom is 0.277 e. The van der Waals surface area contributed by atoms with Crippen LogP contribution in [-0.2, 0) is 6.54 Å². The maximum atomic E-state index is 13.5. The molecule has 0 bridgehead atoms. The van der Waals surface area contributed by atoms with Gasteiger partial charge in [-0.15, -0.1) is 0 Å². The van der Waals surface area contributed by atoms with Crippen LogP contribution in [0.15, 0.2) is 41.3 Å². The summed E-state index contributed by atoms with van der Waals surface area (Å²) in [7, 11) is 3.40. The summed E-state index contributed by atoms with van der Waals surface area (Å²) in [6.07, 6.45) is 7.81. The number of pyridine rings is 1. The van der Waals surface area contributed by atoms with Crippen molar-refractivity contribution >= 4 is 12.2 Å². The van der Waals surface area contributed by atoms with E-state index in [4.69, 9.17) is 4.74 Å². The molecule has 1 aromatic carbocycles. The number of ether oxygens (including phenoxy) is 1. The van der Waals surface area contributed by atoms with E-state index in [-0.39, 0.29) is 23.7 Å². The summed E-state index contributed by atoms with van der Waals surface area (Å²) in [5.74, 6) is -1.02. The van der Waals surface area contributed by atoms with Crippen LogP contribution in [0.3, 0.4) is 0 Å². The highest BCUT2D eigenvalue weighted by Gasteiger charge is 2.31. The smallest absolute Gasteiger partial charge is 0.277 e. The zero-order valence-corrected chi connectivity index (χ0v) is 19.3. The van der Waals surface area contributed by atoms with Gasteiger partial charge in [-0.1, -0.05) is 18.2 Å². The summed E-state index contributed by atoms with van der Waals surface area (Å²) in [6.45, 7) is 1.80. The molecule has 1 amide bonds. The van der Waals surface area contributed by atoms with Crippen molar-refractivity contribution in [1.82, 2.24) is 14.9 Å². The van der Waals surface area contributed by atoms with Gasteiger partial charge in [0.25, 0.3) is 5.91 Å². The van der Waals surface area contributed by atoms with Crippen molar-refractivity contribution < 1.29 is 23.8 Å². The summed E-state index contributed by atoms with van der Waals surface area (Å²) in [5.41, 5.74) is -0.318. The summed E-state index contributed by atoms with van der Waals surface area (Å²) >= 11 is 0. The number of nitrogens with zero attached hydrogens (tertiary/aromatic N) is 3. The highest BCUT2D eigenvalue weighted by Crippen LogP contribution is 2.21. The zero-order valence-electron chi connectivity index (χ0n) is 19.3. The zero-order chi connectivity index (χ0) is 24.7. The van der Waals surface area contributed by atoms with Gasteiger partial charge in [0.2, 0.25) is 5.43 Å². The van der Waals surface area contributed by atoms with E-state index in [0.29, 0.717) is 38.2 Å². The molecule has 0 saturated carbocycles. The van der Waals surface area contributed by atoms with Crippen molar-refractivity contribution in [1.29, 1.82) is 0 Å². The van der Waals surface area contributed by atoms with Gasteiger partial charge in [0, 0.05) is 38.0 Å². The number of carbonyl (C=O) groups is 2. The molecule has 2 aromatic rings. The molecule has 0 spiro atoms. The van der Waals surface area contributed by atoms with Crippen LogP contribution < -0.4 is 20.5 Å². The second-order valence-corrected chi connectivity index (χ2v) is 7.98. The molecule has 9 nitrogen and oxygen atoms in total. The van der Waals surface area contributed by atoms with Crippen LogP contribution in [0.5, 0.6) is 11.5 Å². The van der Waals surface area contributed by atoms with Crippen LogP contribution in [0.1, 0.15) is 45.7 Å². The second kappa shape index (κ2) is 11.5. The lowest BCUT2D eigenvalue weighted by atomic mass is 10.2. The molecule has 2 heterocycles. The van der Waals surface area contributed by atoms with Gasteiger partial charge in [0.05, 0.1) is 12.2 Å². The van der Waals surface area contributed by atoms with E-state index in [2.05, 4.69) is 5.32 Å². The van der Waals surface area contributed by atoms with E-state index < -0.39 is 17.1 Å². The van der Waals surface area contributed by atoms with E-state index in [9.17, 15) is 23.9 Å². The number of hydrogen-bond donors (Lipinski definition) is 2. The van der Waals surface area contributed by atoms with Crippen molar-refractivity contribution in [3.05, 3.63) is 69.4 Å². The van der Waals surface area contributed by atoms with Crippen LogP contribution in [0.2, 0.25) is 0 Å². The molecule has 0 radical (unpaired) electrons. The number of aromatic nitrogens is 1. The fraction of sp³-hybridized carbons (Fsp3) is 0.375. The van der Waals surface area contributed by atoms with Gasteiger partial charge in [-0.25, -0.2) is 4.39 Å². The number of aromatic hydroxyl groups is 1. The molecular weight excluding hydrogens is 443 g/mol. The molecular formula is C24H29FN4O5. The van der Waals surface area contributed by atoms with Crippen LogP contribution in [0.25, 0.3) is 0 Å². The average molecular weight is 473 g/mol. The number of benzene rings is 1. The lowest BCUT2D eigenvalue weighted by Crippen LogP contribution is -2.53. The molecule has 2 N–H and O–H groups in total. The van der Waals surface area contributed by atoms with Crippen molar-refractivity contribution in [2.45, 2.75) is 25.8 Å². The van der Waals surface area contributed by atoms with Crippen molar-refractivity contribution in [2.75, 3.05) is 38.9 Å². The molecule has 0 aliphatic carbocycles.